The number of hydrogen-bond acceptors (Lipinski definition) is 5. The van der Waals surface area contributed by atoms with Crippen molar-refractivity contribution < 1.29 is 19.1 Å². The minimum Gasteiger partial charge on any atom is -0.496 e. The zero-order valence-corrected chi connectivity index (χ0v) is 19.1. The molecule has 0 N–H and O–H groups in total. The highest BCUT2D eigenvalue weighted by Gasteiger charge is 2.34. The van der Waals surface area contributed by atoms with Gasteiger partial charge in [-0.25, -0.2) is 0 Å². The number of thioether (sulfide) groups is 1. The van der Waals surface area contributed by atoms with Crippen LogP contribution in [0.3, 0.4) is 0 Å². The molecule has 1 aliphatic rings. The van der Waals surface area contributed by atoms with Crippen molar-refractivity contribution in [3.8, 4) is 11.5 Å². The van der Waals surface area contributed by atoms with E-state index in [1.54, 1.807) is 19.3 Å². The molecule has 1 aromatic rings. The molecule has 0 aliphatic carbocycles. The number of ether oxygens (including phenoxy) is 2. The van der Waals surface area contributed by atoms with Gasteiger partial charge >= 0.3 is 0 Å². The molecule has 0 saturated carbocycles. The van der Waals surface area contributed by atoms with Gasteiger partial charge in [0.2, 0.25) is 0 Å². The Morgan fingerprint density at radius 1 is 1.11 bits per heavy atom. The fraction of sp³-hybridized carbons (Fsp3) is 0.333. The largest absolute Gasteiger partial charge is 0.496 e. The number of carbonyl (C=O) groups excluding carboxylic acids is 2. The summed E-state index contributed by atoms with van der Waals surface area (Å²) < 4.78 is 12.0. The summed E-state index contributed by atoms with van der Waals surface area (Å²) in [5.41, 5.74) is 2.91. The lowest BCUT2D eigenvalue weighted by atomic mass is 10.1. The minimum absolute atomic E-state index is 0.270. The summed E-state index contributed by atoms with van der Waals surface area (Å²) in [4.78, 5) is 26.4. The molecule has 2 amide bonds. The lowest BCUT2D eigenvalue weighted by Crippen LogP contribution is -2.28. The summed E-state index contributed by atoms with van der Waals surface area (Å²) in [5, 5.41) is -0.270. The van der Waals surface area contributed by atoms with E-state index in [1.807, 2.05) is 45.9 Å². The Bertz CT molecular complexity index is 865. The number of allylic oxidation sites excluding steroid dienone is 2. The monoisotopic (exact) mass is 465 g/mol. The van der Waals surface area contributed by atoms with Crippen molar-refractivity contribution in [1.29, 1.82) is 0 Å². The maximum Gasteiger partial charge on any atom is 0.293 e. The molecule has 7 heteroatoms. The molecule has 0 bridgehead atoms. The third kappa shape index (κ3) is 5.75. The van der Waals surface area contributed by atoms with Gasteiger partial charge in [-0.15, -0.1) is 0 Å². The Kier molecular flexibility index (Phi) is 7.95. The number of methoxy groups -OCH3 is 1. The molecule has 0 spiro atoms. The first-order valence-corrected chi connectivity index (χ1v) is 10.4. The average molecular weight is 466 g/mol. The first kappa shape index (κ1) is 22.3. The van der Waals surface area contributed by atoms with Gasteiger partial charge in [0, 0.05) is 18.2 Å². The standard InChI is InChI=1S/C21H24BrNO4S/c1-13(2)6-8-23-20(24)19(28-21(23)25)11-15-10-16(22)18(12-17(15)26-5)27-9-7-14(3)4/h6-7,10-12H,8-9H2,1-5H3/b19-11-. The molecule has 1 aliphatic heterocycles. The van der Waals surface area contributed by atoms with Gasteiger partial charge < -0.3 is 9.47 Å². The second-order valence-electron chi connectivity index (χ2n) is 6.69. The maximum absolute atomic E-state index is 12.6. The molecule has 0 unspecified atom stereocenters. The minimum atomic E-state index is -0.297. The number of halogens is 1. The molecule has 1 aromatic carbocycles. The van der Waals surface area contributed by atoms with Crippen LogP contribution in [0.25, 0.3) is 6.08 Å². The van der Waals surface area contributed by atoms with Gasteiger partial charge in [-0.1, -0.05) is 17.2 Å². The molecule has 5 nitrogen and oxygen atoms in total. The summed E-state index contributed by atoms with van der Waals surface area (Å²) in [6, 6.07) is 3.59. The van der Waals surface area contributed by atoms with Crippen LogP contribution in [0.4, 0.5) is 4.79 Å². The Balaban J connectivity index is 2.28. The van der Waals surface area contributed by atoms with Crippen LogP contribution in [0, 0.1) is 0 Å². The summed E-state index contributed by atoms with van der Waals surface area (Å²) in [7, 11) is 1.56. The molecule has 150 valence electrons. The molecule has 28 heavy (non-hydrogen) atoms. The predicted octanol–water partition coefficient (Wildman–Crippen LogP) is 5.81. The van der Waals surface area contributed by atoms with Gasteiger partial charge in [0.05, 0.1) is 16.5 Å². The van der Waals surface area contributed by atoms with E-state index in [9.17, 15) is 9.59 Å². The average Bonchev–Trinajstić information content (AvgIpc) is 2.88. The number of amides is 2. The number of rotatable bonds is 7. The fourth-order valence-electron chi connectivity index (χ4n) is 2.32. The number of nitrogens with zero attached hydrogens (tertiary/aromatic N) is 1. The number of hydrogen-bond donors (Lipinski definition) is 0. The van der Waals surface area contributed by atoms with Gasteiger partial charge in [-0.3, -0.25) is 14.5 Å². The fourth-order valence-corrected chi connectivity index (χ4v) is 3.64. The molecule has 1 fully saturated rings. The van der Waals surface area contributed by atoms with Crippen molar-refractivity contribution in [2.45, 2.75) is 27.7 Å². The first-order chi connectivity index (χ1) is 13.2. The zero-order valence-electron chi connectivity index (χ0n) is 16.7. The highest BCUT2D eigenvalue weighted by molar-refractivity contribution is 9.10. The summed E-state index contributed by atoms with van der Waals surface area (Å²) in [6.45, 7) is 8.60. The Morgan fingerprint density at radius 3 is 2.39 bits per heavy atom. The van der Waals surface area contributed by atoms with Gasteiger partial charge in [0.15, 0.2) is 0 Å². The molecule has 1 saturated heterocycles. The predicted molar refractivity (Wildman–Crippen MR) is 118 cm³/mol. The van der Waals surface area contributed by atoms with E-state index < -0.39 is 0 Å². The van der Waals surface area contributed by atoms with Crippen LogP contribution in [-0.4, -0.2) is 36.3 Å². The smallest absolute Gasteiger partial charge is 0.293 e. The SMILES string of the molecule is COc1cc(OCC=C(C)C)c(Br)cc1/C=C1\SC(=O)N(CC=C(C)C)C1=O. The van der Waals surface area contributed by atoms with Crippen molar-refractivity contribution in [2.75, 3.05) is 20.3 Å². The van der Waals surface area contributed by atoms with Crippen LogP contribution < -0.4 is 9.47 Å². The van der Waals surface area contributed by atoms with E-state index in [1.165, 1.54) is 10.5 Å². The van der Waals surface area contributed by atoms with Crippen LogP contribution >= 0.6 is 27.7 Å². The molecular weight excluding hydrogens is 442 g/mol. The van der Waals surface area contributed by atoms with Crippen molar-refractivity contribution >= 4 is 44.9 Å². The van der Waals surface area contributed by atoms with E-state index in [0.29, 0.717) is 28.6 Å². The molecule has 0 aromatic heterocycles. The number of imide groups is 1. The normalized spacial score (nSPS) is 15.1. The van der Waals surface area contributed by atoms with Gasteiger partial charge in [-0.2, -0.15) is 0 Å². The van der Waals surface area contributed by atoms with Gasteiger partial charge in [-0.05, 0) is 73.6 Å². The molecular formula is C21H24BrNO4S. The highest BCUT2D eigenvalue weighted by Crippen LogP contribution is 2.38. The van der Waals surface area contributed by atoms with Crippen LogP contribution in [0.1, 0.15) is 33.3 Å². The number of benzene rings is 1. The summed E-state index contributed by atoms with van der Waals surface area (Å²) >= 11 is 4.43. The topological polar surface area (TPSA) is 55.8 Å². The van der Waals surface area contributed by atoms with Crippen LogP contribution in [0.15, 0.2) is 44.8 Å². The van der Waals surface area contributed by atoms with E-state index in [-0.39, 0.29) is 17.7 Å². The Labute approximate surface area is 178 Å². The van der Waals surface area contributed by atoms with Crippen LogP contribution in [-0.2, 0) is 4.79 Å². The Hall–Kier alpha value is -1.99. The van der Waals surface area contributed by atoms with E-state index >= 15 is 0 Å². The zero-order chi connectivity index (χ0) is 20.8. The maximum atomic E-state index is 12.6. The van der Waals surface area contributed by atoms with Gasteiger partial charge in [0.1, 0.15) is 18.1 Å². The third-order valence-corrected chi connectivity index (χ3v) is 5.38. The molecule has 0 radical (unpaired) electrons. The van der Waals surface area contributed by atoms with E-state index in [2.05, 4.69) is 15.9 Å². The van der Waals surface area contributed by atoms with Crippen molar-refractivity contribution in [1.82, 2.24) is 4.90 Å². The number of carbonyl (C=O) groups is 2. The Morgan fingerprint density at radius 2 is 1.79 bits per heavy atom. The quantitative estimate of drug-likeness (QED) is 0.375. The van der Waals surface area contributed by atoms with Crippen LogP contribution in [0.5, 0.6) is 11.5 Å². The van der Waals surface area contributed by atoms with Crippen molar-refractivity contribution in [3.05, 3.63) is 50.4 Å². The first-order valence-electron chi connectivity index (χ1n) is 8.75. The lowest BCUT2D eigenvalue weighted by Gasteiger charge is -2.12. The molecule has 0 atom stereocenters. The molecule has 2 rings (SSSR count). The van der Waals surface area contributed by atoms with Crippen LogP contribution in [0.2, 0.25) is 0 Å². The lowest BCUT2D eigenvalue weighted by molar-refractivity contribution is -0.122. The van der Waals surface area contributed by atoms with E-state index in [0.717, 1.165) is 21.8 Å². The second kappa shape index (κ2) is 9.98. The third-order valence-electron chi connectivity index (χ3n) is 3.86. The summed E-state index contributed by atoms with van der Waals surface area (Å²) in [6.07, 6.45) is 5.52. The van der Waals surface area contributed by atoms with Crippen molar-refractivity contribution in [3.63, 3.8) is 0 Å². The van der Waals surface area contributed by atoms with Gasteiger partial charge in [0.25, 0.3) is 11.1 Å². The molecule has 1 heterocycles. The van der Waals surface area contributed by atoms with E-state index in [4.69, 9.17) is 9.47 Å². The summed E-state index contributed by atoms with van der Waals surface area (Å²) in [5.74, 6) is 0.907. The van der Waals surface area contributed by atoms with Crippen molar-refractivity contribution in [2.24, 2.45) is 0 Å². The second-order valence-corrected chi connectivity index (χ2v) is 8.54. The highest BCUT2D eigenvalue weighted by atomic mass is 79.9.